The SMILES string of the molecule is O=Cc1cnccc1Cl.O=Cc1cnccc1OCc1cccnc1.OCc1cccnc1. The largest absolute Gasteiger partial charge is 0.488 e. The first-order valence-electron chi connectivity index (χ1n) is 9.63. The molecule has 9 heteroatoms. The van der Waals surface area contributed by atoms with Gasteiger partial charge in [0.2, 0.25) is 0 Å². The Kier molecular flexibility index (Phi) is 11.4. The van der Waals surface area contributed by atoms with Gasteiger partial charge in [0.25, 0.3) is 0 Å². The number of hydrogen-bond donors (Lipinski definition) is 1. The average molecular weight is 465 g/mol. The molecule has 0 aliphatic carbocycles. The van der Waals surface area contributed by atoms with E-state index in [0.717, 1.165) is 17.4 Å². The van der Waals surface area contributed by atoms with Crippen molar-refractivity contribution in [1.29, 1.82) is 0 Å². The van der Waals surface area contributed by atoms with Crippen molar-refractivity contribution in [3.8, 4) is 5.75 Å². The second-order valence-electron chi connectivity index (χ2n) is 6.22. The number of aldehydes is 2. The number of aromatic nitrogens is 4. The fourth-order valence-electron chi connectivity index (χ4n) is 2.23. The van der Waals surface area contributed by atoms with Crippen molar-refractivity contribution in [1.82, 2.24) is 19.9 Å². The third-order valence-corrected chi connectivity index (χ3v) is 4.23. The molecule has 0 unspecified atom stereocenters. The van der Waals surface area contributed by atoms with Crippen LogP contribution in [0.1, 0.15) is 31.8 Å². The van der Waals surface area contributed by atoms with Crippen LogP contribution in [0.3, 0.4) is 0 Å². The Hall–Kier alpha value is -4.01. The number of pyridine rings is 4. The fourth-order valence-corrected chi connectivity index (χ4v) is 2.38. The molecule has 0 spiro atoms. The van der Waals surface area contributed by atoms with Crippen molar-refractivity contribution >= 4 is 24.2 Å². The molecule has 0 aliphatic heterocycles. The zero-order chi connectivity index (χ0) is 23.7. The number of halogens is 1. The van der Waals surface area contributed by atoms with Gasteiger partial charge in [-0.2, -0.15) is 0 Å². The van der Waals surface area contributed by atoms with Crippen LogP contribution in [0.5, 0.6) is 5.75 Å². The van der Waals surface area contributed by atoms with Gasteiger partial charge in [-0.1, -0.05) is 23.7 Å². The molecule has 0 amide bonds. The zero-order valence-corrected chi connectivity index (χ0v) is 18.2. The van der Waals surface area contributed by atoms with Crippen molar-refractivity contribution in [3.63, 3.8) is 0 Å². The minimum atomic E-state index is 0.0772. The first kappa shape index (κ1) is 25.3. The molecule has 0 aromatic carbocycles. The molecule has 0 radical (unpaired) electrons. The molecule has 0 saturated heterocycles. The minimum absolute atomic E-state index is 0.0772. The number of rotatable bonds is 6. The van der Waals surface area contributed by atoms with Crippen LogP contribution in [0, 0.1) is 0 Å². The molecule has 8 nitrogen and oxygen atoms in total. The highest BCUT2D eigenvalue weighted by molar-refractivity contribution is 6.32. The van der Waals surface area contributed by atoms with E-state index in [1.54, 1.807) is 49.2 Å². The van der Waals surface area contributed by atoms with Gasteiger partial charge in [-0.25, -0.2) is 0 Å². The van der Waals surface area contributed by atoms with E-state index in [1.165, 1.54) is 18.6 Å². The monoisotopic (exact) mass is 464 g/mol. The van der Waals surface area contributed by atoms with E-state index in [0.29, 0.717) is 34.8 Å². The zero-order valence-electron chi connectivity index (χ0n) is 17.5. The number of hydrogen-bond acceptors (Lipinski definition) is 8. The van der Waals surface area contributed by atoms with Gasteiger partial charge in [0.1, 0.15) is 12.4 Å². The van der Waals surface area contributed by atoms with Crippen LogP contribution in [0.4, 0.5) is 0 Å². The van der Waals surface area contributed by atoms with Gasteiger partial charge >= 0.3 is 0 Å². The maximum absolute atomic E-state index is 10.7. The lowest BCUT2D eigenvalue weighted by Crippen LogP contribution is -1.98. The summed E-state index contributed by atoms with van der Waals surface area (Å²) in [5.41, 5.74) is 2.69. The van der Waals surface area contributed by atoms with E-state index in [-0.39, 0.29) is 6.61 Å². The lowest BCUT2D eigenvalue weighted by molar-refractivity contribution is 0.111. The van der Waals surface area contributed by atoms with Crippen LogP contribution < -0.4 is 4.74 Å². The van der Waals surface area contributed by atoms with E-state index in [9.17, 15) is 9.59 Å². The Labute approximate surface area is 195 Å². The predicted molar refractivity (Wildman–Crippen MR) is 123 cm³/mol. The summed E-state index contributed by atoms with van der Waals surface area (Å²) < 4.78 is 5.50. The van der Waals surface area contributed by atoms with Crippen molar-refractivity contribution < 1.29 is 19.4 Å². The molecule has 0 saturated carbocycles. The third kappa shape index (κ3) is 9.34. The maximum atomic E-state index is 10.7. The number of carbonyl (C=O) groups is 2. The van der Waals surface area contributed by atoms with Crippen molar-refractivity contribution in [2.45, 2.75) is 13.2 Å². The Morgan fingerprint density at radius 3 is 1.82 bits per heavy atom. The van der Waals surface area contributed by atoms with Crippen molar-refractivity contribution in [2.24, 2.45) is 0 Å². The summed E-state index contributed by atoms with van der Waals surface area (Å²) in [6.07, 6.45) is 14.2. The highest BCUT2D eigenvalue weighted by Crippen LogP contribution is 2.15. The van der Waals surface area contributed by atoms with Gasteiger partial charge in [0.15, 0.2) is 12.6 Å². The molecule has 4 rings (SSSR count). The summed E-state index contributed by atoms with van der Waals surface area (Å²) in [6.45, 7) is 0.465. The van der Waals surface area contributed by atoms with Crippen LogP contribution in [-0.4, -0.2) is 37.6 Å². The summed E-state index contributed by atoms with van der Waals surface area (Å²) in [5.74, 6) is 0.536. The minimum Gasteiger partial charge on any atom is -0.488 e. The van der Waals surface area contributed by atoms with Crippen LogP contribution in [0.15, 0.2) is 86.0 Å². The smallest absolute Gasteiger partial charge is 0.155 e. The Morgan fingerprint density at radius 2 is 1.33 bits per heavy atom. The lowest BCUT2D eigenvalue weighted by Gasteiger charge is -2.07. The number of aliphatic hydroxyl groups excluding tert-OH is 1. The normalized spacial score (nSPS) is 9.39. The summed E-state index contributed by atoms with van der Waals surface area (Å²) in [6, 6.07) is 10.6. The van der Waals surface area contributed by atoms with Gasteiger partial charge in [0, 0.05) is 55.1 Å². The van der Waals surface area contributed by atoms with Crippen LogP contribution in [-0.2, 0) is 13.2 Å². The quantitative estimate of drug-likeness (QED) is 0.426. The number of ether oxygens (including phenoxy) is 1. The first-order valence-corrected chi connectivity index (χ1v) is 10.0. The number of carbonyl (C=O) groups excluding carboxylic acids is 2. The van der Waals surface area contributed by atoms with Gasteiger partial charge < -0.3 is 9.84 Å². The van der Waals surface area contributed by atoms with Gasteiger partial charge in [-0.05, 0) is 29.8 Å². The van der Waals surface area contributed by atoms with E-state index < -0.39 is 0 Å². The highest BCUT2D eigenvalue weighted by Gasteiger charge is 2.02. The van der Waals surface area contributed by atoms with Crippen molar-refractivity contribution in [3.05, 3.63) is 113 Å². The molecule has 0 fully saturated rings. The second-order valence-corrected chi connectivity index (χ2v) is 6.62. The Bertz CT molecular complexity index is 1120. The topological polar surface area (TPSA) is 115 Å². The Morgan fingerprint density at radius 1 is 0.758 bits per heavy atom. The van der Waals surface area contributed by atoms with Crippen LogP contribution >= 0.6 is 11.6 Å². The van der Waals surface area contributed by atoms with E-state index >= 15 is 0 Å². The standard InChI is InChI=1S/C12H10N2O2.C6H4ClNO.C6H7NO/c15-8-11-7-14-5-3-12(11)16-9-10-2-1-4-13-6-10;7-6-1-2-8-3-5(6)4-9;8-5-6-2-1-3-7-4-6/h1-8H,9H2;1-4H;1-4,8H,5H2. The summed E-state index contributed by atoms with van der Waals surface area (Å²) >= 11 is 5.55. The molecular formula is C24H21ClN4O4. The molecule has 168 valence electrons. The number of nitrogens with zero attached hydrogens (tertiary/aromatic N) is 4. The maximum Gasteiger partial charge on any atom is 0.155 e. The predicted octanol–water partition coefficient (Wildman–Crippen LogP) is 3.99. The van der Waals surface area contributed by atoms with Gasteiger partial charge in [0.05, 0.1) is 22.8 Å². The van der Waals surface area contributed by atoms with Crippen molar-refractivity contribution in [2.75, 3.05) is 0 Å². The van der Waals surface area contributed by atoms with Gasteiger partial charge in [-0.15, -0.1) is 0 Å². The lowest BCUT2D eigenvalue weighted by atomic mass is 10.3. The highest BCUT2D eigenvalue weighted by atomic mass is 35.5. The van der Waals surface area contributed by atoms with E-state index in [2.05, 4.69) is 19.9 Å². The molecular weight excluding hydrogens is 444 g/mol. The second kappa shape index (κ2) is 14.9. The summed E-state index contributed by atoms with van der Waals surface area (Å²) in [5, 5.41) is 8.94. The summed E-state index contributed by atoms with van der Waals surface area (Å²) in [4.78, 5) is 36.1. The number of aliphatic hydroxyl groups is 1. The molecule has 0 aliphatic rings. The van der Waals surface area contributed by atoms with E-state index in [4.69, 9.17) is 21.4 Å². The third-order valence-electron chi connectivity index (χ3n) is 3.88. The molecule has 4 aromatic rings. The molecule has 0 atom stereocenters. The fraction of sp³-hybridized carbons (Fsp3) is 0.0833. The van der Waals surface area contributed by atoms with Gasteiger partial charge in [-0.3, -0.25) is 29.5 Å². The molecule has 33 heavy (non-hydrogen) atoms. The van der Waals surface area contributed by atoms with Crippen LogP contribution in [0.2, 0.25) is 5.02 Å². The molecule has 0 bridgehead atoms. The molecule has 4 heterocycles. The van der Waals surface area contributed by atoms with Crippen LogP contribution in [0.25, 0.3) is 0 Å². The molecule has 1 N–H and O–H groups in total. The Balaban J connectivity index is 0.000000192. The van der Waals surface area contributed by atoms with E-state index in [1.807, 2.05) is 18.2 Å². The average Bonchev–Trinajstić information content (AvgIpc) is 2.90. The summed E-state index contributed by atoms with van der Waals surface area (Å²) in [7, 11) is 0. The molecule has 4 aromatic heterocycles. The first-order chi connectivity index (χ1) is 16.2.